The summed E-state index contributed by atoms with van der Waals surface area (Å²) in [4.78, 5) is 11.1. The van der Waals surface area contributed by atoms with Crippen LogP contribution < -0.4 is 0 Å². The molecule has 1 heterocycles. The largest absolute Gasteiger partial charge is 0.369 e. The van der Waals surface area contributed by atoms with Gasteiger partial charge in [0.2, 0.25) is 0 Å². The Bertz CT molecular complexity index is 395. The maximum absolute atomic E-state index is 8.87. The molecule has 1 aliphatic rings. The molecule has 0 fully saturated rings. The van der Waals surface area contributed by atoms with Crippen LogP contribution >= 0.6 is 0 Å². The van der Waals surface area contributed by atoms with Gasteiger partial charge < -0.3 is 9.80 Å². The Hall–Kier alpha value is -2.16. The zero-order valence-corrected chi connectivity index (χ0v) is 8.89. The standard InChI is InChI=1S/C9H12N6/c1-14(2)5-12-7(4-10)8-9(11)15(3)6-13-8/h5-6,11H,1-3H3/b8-7+,11-9?,12-5?. The van der Waals surface area contributed by atoms with Crippen molar-refractivity contribution in [1.29, 1.82) is 10.7 Å². The van der Waals surface area contributed by atoms with E-state index in [9.17, 15) is 0 Å². The van der Waals surface area contributed by atoms with E-state index in [1.165, 1.54) is 17.6 Å². The van der Waals surface area contributed by atoms with E-state index >= 15 is 0 Å². The van der Waals surface area contributed by atoms with Gasteiger partial charge >= 0.3 is 0 Å². The Morgan fingerprint density at radius 1 is 1.73 bits per heavy atom. The Labute approximate surface area is 88.4 Å². The molecule has 0 aromatic heterocycles. The number of allylic oxidation sites excluding steroid dienone is 1. The van der Waals surface area contributed by atoms with Crippen molar-refractivity contribution in [3.63, 3.8) is 0 Å². The zero-order chi connectivity index (χ0) is 11.4. The van der Waals surface area contributed by atoms with Crippen molar-refractivity contribution in [3.05, 3.63) is 11.4 Å². The Morgan fingerprint density at radius 3 is 2.80 bits per heavy atom. The highest BCUT2D eigenvalue weighted by Gasteiger charge is 2.18. The van der Waals surface area contributed by atoms with Crippen LogP contribution in [0.4, 0.5) is 0 Å². The third-order valence-corrected chi connectivity index (χ3v) is 1.69. The minimum atomic E-state index is 0.148. The van der Waals surface area contributed by atoms with Gasteiger partial charge in [-0.2, -0.15) is 5.26 Å². The second kappa shape index (κ2) is 4.37. The average Bonchev–Trinajstić information content (AvgIpc) is 2.50. The Morgan fingerprint density at radius 2 is 2.40 bits per heavy atom. The quantitative estimate of drug-likeness (QED) is 0.398. The van der Waals surface area contributed by atoms with E-state index in [4.69, 9.17) is 10.7 Å². The molecule has 6 heteroatoms. The summed E-state index contributed by atoms with van der Waals surface area (Å²) in [6.07, 6.45) is 2.99. The van der Waals surface area contributed by atoms with Crippen molar-refractivity contribution in [1.82, 2.24) is 9.80 Å². The molecule has 1 N–H and O–H groups in total. The van der Waals surface area contributed by atoms with Gasteiger partial charge in [-0.15, -0.1) is 0 Å². The van der Waals surface area contributed by atoms with Crippen molar-refractivity contribution in [3.8, 4) is 6.07 Å². The van der Waals surface area contributed by atoms with Crippen LogP contribution in [0.1, 0.15) is 0 Å². The van der Waals surface area contributed by atoms with Gasteiger partial charge in [-0.3, -0.25) is 5.41 Å². The molecule has 0 aliphatic carbocycles. The maximum Gasteiger partial charge on any atom is 0.171 e. The first-order chi connectivity index (χ1) is 7.06. The average molecular weight is 204 g/mol. The summed E-state index contributed by atoms with van der Waals surface area (Å²) in [6, 6.07) is 1.92. The molecular weight excluding hydrogens is 192 g/mol. The van der Waals surface area contributed by atoms with Crippen molar-refractivity contribution in [2.45, 2.75) is 0 Å². The van der Waals surface area contributed by atoms with E-state index in [1.54, 1.807) is 26.0 Å². The van der Waals surface area contributed by atoms with Crippen LogP contribution in [0.5, 0.6) is 0 Å². The highest BCUT2D eigenvalue weighted by Crippen LogP contribution is 2.14. The van der Waals surface area contributed by atoms with Crippen LogP contribution in [0, 0.1) is 16.7 Å². The normalized spacial score (nSPS) is 18.5. The number of hydrogen-bond donors (Lipinski definition) is 1. The lowest BCUT2D eigenvalue weighted by molar-refractivity contribution is 0.642. The number of aliphatic imine (C=N–C) groups is 2. The lowest BCUT2D eigenvalue weighted by atomic mass is 10.3. The number of rotatable bonds is 2. The van der Waals surface area contributed by atoms with Gasteiger partial charge in [-0.1, -0.05) is 0 Å². The molecule has 0 bridgehead atoms. The van der Waals surface area contributed by atoms with Gasteiger partial charge in [-0.05, 0) is 0 Å². The van der Waals surface area contributed by atoms with Crippen LogP contribution in [0.15, 0.2) is 21.4 Å². The number of amidine groups is 1. The molecular formula is C9H12N6. The molecule has 1 aliphatic heterocycles. The summed E-state index contributed by atoms with van der Waals surface area (Å²) in [5.74, 6) is 0.183. The lowest BCUT2D eigenvalue weighted by Gasteiger charge is -2.05. The number of hydrogen-bond acceptors (Lipinski definition) is 4. The molecule has 0 radical (unpaired) electrons. The summed E-state index contributed by atoms with van der Waals surface area (Å²) in [6.45, 7) is 0. The smallest absolute Gasteiger partial charge is 0.171 e. The van der Waals surface area contributed by atoms with Gasteiger partial charge in [0.15, 0.2) is 11.5 Å². The minimum absolute atomic E-state index is 0.148. The molecule has 0 saturated heterocycles. The molecule has 0 atom stereocenters. The molecule has 1 rings (SSSR count). The van der Waals surface area contributed by atoms with Crippen LogP contribution in [-0.2, 0) is 0 Å². The molecule has 0 aromatic carbocycles. The first-order valence-corrected chi connectivity index (χ1v) is 4.27. The predicted molar refractivity (Wildman–Crippen MR) is 58.8 cm³/mol. The SMILES string of the molecule is CN(C)C=N/C(C#N)=C1/N=CN(C)C1=N. The minimum Gasteiger partial charge on any atom is -0.369 e. The highest BCUT2D eigenvalue weighted by molar-refractivity contribution is 6.07. The Balaban J connectivity index is 3.02. The zero-order valence-electron chi connectivity index (χ0n) is 8.89. The molecule has 0 unspecified atom stereocenters. The number of nitrogens with zero attached hydrogens (tertiary/aromatic N) is 5. The van der Waals surface area contributed by atoms with E-state index in [0.29, 0.717) is 5.70 Å². The van der Waals surface area contributed by atoms with Crippen molar-refractivity contribution in [2.24, 2.45) is 9.98 Å². The second-order valence-corrected chi connectivity index (χ2v) is 3.22. The first kappa shape index (κ1) is 10.9. The highest BCUT2D eigenvalue weighted by atomic mass is 15.2. The number of nitriles is 1. The van der Waals surface area contributed by atoms with E-state index < -0.39 is 0 Å². The first-order valence-electron chi connectivity index (χ1n) is 4.27. The second-order valence-electron chi connectivity index (χ2n) is 3.22. The van der Waals surface area contributed by atoms with Crippen LogP contribution in [-0.4, -0.2) is 49.5 Å². The number of likely N-dealkylation sites (N-methyl/N-ethyl adjacent to an activating group) is 1. The fourth-order valence-corrected chi connectivity index (χ4v) is 0.920. The van der Waals surface area contributed by atoms with Crippen molar-refractivity contribution in [2.75, 3.05) is 21.1 Å². The summed E-state index contributed by atoms with van der Waals surface area (Å²) in [5, 5.41) is 16.5. The van der Waals surface area contributed by atoms with Crippen LogP contribution in [0.25, 0.3) is 0 Å². The van der Waals surface area contributed by atoms with E-state index in [1.807, 2.05) is 6.07 Å². The summed E-state index contributed by atoms with van der Waals surface area (Å²) in [7, 11) is 5.31. The fraction of sp³-hybridized carbons (Fsp3) is 0.333. The van der Waals surface area contributed by atoms with Crippen LogP contribution in [0.3, 0.4) is 0 Å². The molecule has 0 spiro atoms. The van der Waals surface area contributed by atoms with E-state index in [2.05, 4.69) is 9.98 Å². The lowest BCUT2D eigenvalue weighted by Crippen LogP contribution is -2.19. The molecule has 15 heavy (non-hydrogen) atoms. The van der Waals surface area contributed by atoms with Gasteiger partial charge in [-0.25, -0.2) is 9.98 Å². The van der Waals surface area contributed by atoms with Crippen molar-refractivity contribution < 1.29 is 0 Å². The summed E-state index contributed by atoms with van der Waals surface area (Å²) >= 11 is 0. The van der Waals surface area contributed by atoms with Gasteiger partial charge in [0.1, 0.15) is 11.8 Å². The molecule has 78 valence electrons. The third-order valence-electron chi connectivity index (χ3n) is 1.69. The van der Waals surface area contributed by atoms with Crippen molar-refractivity contribution >= 4 is 18.5 Å². The van der Waals surface area contributed by atoms with E-state index in [0.717, 1.165) is 0 Å². The van der Waals surface area contributed by atoms with Crippen LogP contribution in [0.2, 0.25) is 0 Å². The summed E-state index contributed by atoms with van der Waals surface area (Å²) in [5.41, 5.74) is 0.451. The van der Waals surface area contributed by atoms with Gasteiger partial charge in [0, 0.05) is 21.1 Å². The monoisotopic (exact) mass is 204 g/mol. The third kappa shape index (κ3) is 2.40. The van der Waals surface area contributed by atoms with Gasteiger partial charge in [0.25, 0.3) is 0 Å². The fourth-order valence-electron chi connectivity index (χ4n) is 0.920. The summed E-state index contributed by atoms with van der Waals surface area (Å²) < 4.78 is 0. The molecule has 0 aromatic rings. The van der Waals surface area contributed by atoms with Gasteiger partial charge in [0.05, 0.1) is 12.7 Å². The van der Waals surface area contributed by atoms with E-state index in [-0.39, 0.29) is 11.5 Å². The molecule has 6 nitrogen and oxygen atoms in total. The maximum atomic E-state index is 8.87. The topological polar surface area (TPSA) is 78.8 Å². The molecule has 0 amide bonds. The predicted octanol–water partition coefficient (Wildman–Crippen LogP) is 0.262. The molecule has 0 saturated carbocycles. The number of nitrogens with one attached hydrogen (secondary N) is 1. The Kier molecular flexibility index (Phi) is 3.18.